The van der Waals surface area contributed by atoms with E-state index in [9.17, 15) is 4.79 Å². The van der Waals surface area contributed by atoms with Crippen LogP contribution < -0.4 is 0 Å². The van der Waals surface area contributed by atoms with Gasteiger partial charge in [0.1, 0.15) is 0 Å². The van der Waals surface area contributed by atoms with Crippen LogP contribution in [0.1, 0.15) is 38.8 Å². The van der Waals surface area contributed by atoms with Gasteiger partial charge in [-0.15, -0.1) is 6.58 Å². The van der Waals surface area contributed by atoms with Gasteiger partial charge in [-0.2, -0.15) is 0 Å². The van der Waals surface area contributed by atoms with Crippen molar-refractivity contribution in [3.05, 3.63) is 48.0 Å². The number of benzene rings is 1. The van der Waals surface area contributed by atoms with Crippen molar-refractivity contribution in [1.29, 1.82) is 0 Å². The van der Waals surface area contributed by atoms with Gasteiger partial charge in [-0.1, -0.05) is 42.8 Å². The molecular weight excluding hydrogens is 274 g/mol. The Hall–Kier alpha value is -1.61. The second kappa shape index (κ2) is 6.66. The van der Waals surface area contributed by atoms with E-state index in [0.29, 0.717) is 12.5 Å². The van der Waals surface area contributed by atoms with Crippen molar-refractivity contribution in [2.45, 2.75) is 33.2 Å². The maximum atomic E-state index is 12.5. The molecule has 1 heterocycles. The quantitative estimate of drug-likeness (QED) is 0.611. The molecule has 2 rings (SSSR count). The van der Waals surface area contributed by atoms with Crippen LogP contribution >= 0.6 is 0 Å². The zero-order valence-corrected chi connectivity index (χ0v) is 14.1. The fourth-order valence-electron chi connectivity index (χ4n) is 3.66. The molecule has 1 saturated heterocycles. The van der Waals surface area contributed by atoms with Crippen molar-refractivity contribution in [2.24, 2.45) is 11.3 Å². The molecule has 0 unspecified atom stereocenters. The topological polar surface area (TPSA) is 29.5 Å². The maximum absolute atomic E-state index is 12.5. The van der Waals surface area contributed by atoms with Crippen LogP contribution in [0.5, 0.6) is 0 Å². The Morgan fingerprint density at radius 3 is 2.64 bits per heavy atom. The Labute approximate surface area is 134 Å². The van der Waals surface area contributed by atoms with Gasteiger partial charge in [-0.25, -0.2) is 0 Å². The number of carbonyl (C=O) groups is 1. The molecule has 0 radical (unpaired) electrons. The minimum Gasteiger partial charge on any atom is -0.469 e. The van der Waals surface area contributed by atoms with E-state index in [1.165, 1.54) is 12.7 Å². The molecule has 1 aromatic carbocycles. The average molecular weight is 301 g/mol. The van der Waals surface area contributed by atoms with E-state index >= 15 is 0 Å². The summed E-state index contributed by atoms with van der Waals surface area (Å²) in [4.78, 5) is 14.9. The van der Waals surface area contributed by atoms with Crippen molar-refractivity contribution in [3.8, 4) is 0 Å². The smallest absolute Gasteiger partial charge is 0.313 e. The second-order valence-electron chi connectivity index (χ2n) is 6.70. The highest BCUT2D eigenvalue weighted by Crippen LogP contribution is 2.44. The molecule has 3 nitrogen and oxygen atoms in total. The fourth-order valence-corrected chi connectivity index (χ4v) is 3.66. The van der Waals surface area contributed by atoms with Gasteiger partial charge in [0, 0.05) is 19.1 Å². The molecular formula is C19H27NO2. The predicted molar refractivity (Wildman–Crippen MR) is 89.5 cm³/mol. The first-order valence-corrected chi connectivity index (χ1v) is 7.92. The number of hydrogen-bond acceptors (Lipinski definition) is 3. The molecule has 1 fully saturated rings. The number of hydrogen-bond donors (Lipinski definition) is 0. The standard InChI is InChI=1S/C19H27NO2/c1-14(2)11-19(18(21)22-5)13-20(12-15(19)3)16(4)17-9-7-6-8-10-17/h6-10,15-16H,1,11-13H2,2-5H3/t15-,16-,19-/m1/s1. The third kappa shape index (κ3) is 3.09. The van der Waals surface area contributed by atoms with Gasteiger partial charge < -0.3 is 4.74 Å². The van der Waals surface area contributed by atoms with Gasteiger partial charge >= 0.3 is 5.97 Å². The summed E-state index contributed by atoms with van der Waals surface area (Å²) in [6.45, 7) is 12.0. The largest absolute Gasteiger partial charge is 0.469 e. The summed E-state index contributed by atoms with van der Waals surface area (Å²) in [5.74, 6) is 0.147. The lowest BCUT2D eigenvalue weighted by atomic mass is 9.74. The lowest BCUT2D eigenvalue weighted by molar-refractivity contribution is -0.154. The van der Waals surface area contributed by atoms with Crippen LogP contribution in [-0.4, -0.2) is 31.1 Å². The summed E-state index contributed by atoms with van der Waals surface area (Å²) in [6, 6.07) is 10.7. The third-order valence-electron chi connectivity index (χ3n) is 4.98. The Bertz CT molecular complexity index is 540. The number of esters is 1. The SMILES string of the molecule is C=C(C)C[C@@]1(C(=O)OC)CN([C@H](C)c2ccccc2)C[C@H]1C. The van der Waals surface area contributed by atoms with Crippen molar-refractivity contribution in [1.82, 2.24) is 4.90 Å². The van der Waals surface area contributed by atoms with Gasteiger partial charge in [-0.05, 0) is 31.7 Å². The van der Waals surface area contributed by atoms with E-state index in [0.717, 1.165) is 18.7 Å². The molecule has 1 aliphatic rings. The van der Waals surface area contributed by atoms with Gasteiger partial charge in [0.2, 0.25) is 0 Å². The first kappa shape index (κ1) is 16.8. The highest BCUT2D eigenvalue weighted by Gasteiger charge is 2.51. The second-order valence-corrected chi connectivity index (χ2v) is 6.70. The number of ether oxygens (including phenoxy) is 1. The van der Waals surface area contributed by atoms with E-state index in [2.05, 4.69) is 49.6 Å². The first-order chi connectivity index (χ1) is 10.4. The fraction of sp³-hybridized carbons (Fsp3) is 0.526. The molecule has 0 spiro atoms. The number of allylic oxidation sites excluding steroid dienone is 1. The van der Waals surface area contributed by atoms with Gasteiger partial charge in [0.05, 0.1) is 12.5 Å². The summed E-state index contributed by atoms with van der Waals surface area (Å²) < 4.78 is 5.14. The molecule has 0 aromatic heterocycles. The lowest BCUT2D eigenvalue weighted by Crippen LogP contribution is -2.39. The van der Waals surface area contributed by atoms with Crippen molar-refractivity contribution in [3.63, 3.8) is 0 Å². The summed E-state index contributed by atoms with van der Waals surface area (Å²) in [7, 11) is 1.48. The van der Waals surface area contributed by atoms with Gasteiger partial charge in [0.15, 0.2) is 0 Å². The molecule has 22 heavy (non-hydrogen) atoms. The molecule has 1 aliphatic heterocycles. The first-order valence-electron chi connectivity index (χ1n) is 7.92. The van der Waals surface area contributed by atoms with Crippen LogP contribution in [0.3, 0.4) is 0 Å². The normalized spacial score (nSPS) is 26.6. The van der Waals surface area contributed by atoms with E-state index in [1.54, 1.807) is 0 Å². The van der Waals surface area contributed by atoms with Gasteiger partial charge in [0.25, 0.3) is 0 Å². The minimum absolute atomic E-state index is 0.106. The van der Waals surface area contributed by atoms with Crippen molar-refractivity contribution < 1.29 is 9.53 Å². The molecule has 0 N–H and O–H groups in total. The summed E-state index contributed by atoms with van der Waals surface area (Å²) in [6.07, 6.45) is 0.693. The van der Waals surface area contributed by atoms with Gasteiger partial charge in [-0.3, -0.25) is 9.69 Å². The molecule has 0 bridgehead atoms. The number of rotatable bonds is 5. The van der Waals surface area contributed by atoms with Crippen LogP contribution in [0, 0.1) is 11.3 Å². The van der Waals surface area contributed by atoms with Crippen molar-refractivity contribution in [2.75, 3.05) is 20.2 Å². The Kier molecular flexibility index (Phi) is 5.07. The van der Waals surface area contributed by atoms with Crippen LogP contribution in [-0.2, 0) is 9.53 Å². The summed E-state index contributed by atoms with van der Waals surface area (Å²) in [5.41, 5.74) is 1.85. The molecule has 0 saturated carbocycles. The molecule has 3 heteroatoms. The van der Waals surface area contributed by atoms with Crippen LogP contribution in [0.2, 0.25) is 0 Å². The van der Waals surface area contributed by atoms with E-state index < -0.39 is 5.41 Å². The predicted octanol–water partition coefficient (Wildman–Crippen LogP) is 3.82. The minimum atomic E-state index is -0.469. The molecule has 120 valence electrons. The van der Waals surface area contributed by atoms with Crippen molar-refractivity contribution >= 4 is 5.97 Å². The molecule has 3 atom stereocenters. The Morgan fingerprint density at radius 2 is 2.09 bits per heavy atom. The maximum Gasteiger partial charge on any atom is 0.313 e. The number of nitrogens with zero attached hydrogens (tertiary/aromatic N) is 1. The Balaban J connectivity index is 2.25. The molecule has 1 aromatic rings. The zero-order valence-electron chi connectivity index (χ0n) is 14.1. The zero-order chi connectivity index (χ0) is 16.3. The average Bonchev–Trinajstić information content (AvgIpc) is 2.83. The van der Waals surface area contributed by atoms with E-state index in [-0.39, 0.29) is 11.9 Å². The number of likely N-dealkylation sites (tertiary alicyclic amines) is 1. The van der Waals surface area contributed by atoms with Crippen LogP contribution in [0.4, 0.5) is 0 Å². The van der Waals surface area contributed by atoms with Crippen LogP contribution in [0.25, 0.3) is 0 Å². The molecule has 0 amide bonds. The summed E-state index contributed by atoms with van der Waals surface area (Å²) in [5, 5.41) is 0. The Morgan fingerprint density at radius 1 is 1.45 bits per heavy atom. The highest BCUT2D eigenvalue weighted by molar-refractivity contribution is 5.78. The highest BCUT2D eigenvalue weighted by atomic mass is 16.5. The van der Waals surface area contributed by atoms with E-state index in [4.69, 9.17) is 4.74 Å². The van der Waals surface area contributed by atoms with Crippen LogP contribution in [0.15, 0.2) is 42.5 Å². The number of methoxy groups -OCH3 is 1. The molecule has 0 aliphatic carbocycles. The lowest BCUT2D eigenvalue weighted by Gasteiger charge is -2.31. The monoisotopic (exact) mass is 301 g/mol. The van der Waals surface area contributed by atoms with E-state index in [1.807, 2.05) is 13.0 Å². The number of carbonyl (C=O) groups excluding carboxylic acids is 1. The third-order valence-corrected chi connectivity index (χ3v) is 4.98. The summed E-state index contributed by atoms with van der Waals surface area (Å²) >= 11 is 0.